The lowest BCUT2D eigenvalue weighted by atomic mass is 9.84. The van der Waals surface area contributed by atoms with E-state index in [0.717, 1.165) is 30.9 Å². The van der Waals surface area contributed by atoms with Crippen LogP contribution in [0.15, 0.2) is 6.20 Å². The molecule has 0 spiro atoms. The lowest BCUT2D eigenvalue weighted by Gasteiger charge is -2.34. The molecule has 1 fully saturated rings. The maximum Gasteiger partial charge on any atom is 0.138 e. The summed E-state index contributed by atoms with van der Waals surface area (Å²) in [6, 6.07) is 0.489. The van der Waals surface area contributed by atoms with Crippen LogP contribution in [0.2, 0.25) is 0 Å². The molecule has 102 valence electrons. The molecule has 0 aliphatic heterocycles. The number of nitrogens with zero attached hydrogens (tertiary/aromatic N) is 1. The van der Waals surface area contributed by atoms with Crippen LogP contribution in [-0.2, 0) is 16.9 Å². The lowest BCUT2D eigenvalue weighted by Crippen LogP contribution is -2.32. The molecule has 1 aromatic heterocycles. The van der Waals surface area contributed by atoms with Gasteiger partial charge in [0.2, 0.25) is 0 Å². The SMILES string of the molecule is COC1(c2ncc(CNC(C)C)[nH]2)CCCCC1. The predicted octanol–water partition coefficient (Wildman–Crippen LogP) is 2.71. The number of rotatable bonds is 5. The molecule has 18 heavy (non-hydrogen) atoms. The van der Waals surface area contributed by atoms with Gasteiger partial charge in [-0.3, -0.25) is 0 Å². The van der Waals surface area contributed by atoms with Crippen LogP contribution in [0.3, 0.4) is 0 Å². The number of imidazole rings is 1. The van der Waals surface area contributed by atoms with Gasteiger partial charge in [0.05, 0.1) is 0 Å². The van der Waals surface area contributed by atoms with E-state index in [0.29, 0.717) is 6.04 Å². The molecule has 1 heterocycles. The summed E-state index contributed by atoms with van der Waals surface area (Å²) in [5.74, 6) is 1.00. The van der Waals surface area contributed by atoms with E-state index in [2.05, 4.69) is 29.1 Å². The predicted molar refractivity (Wildman–Crippen MR) is 72.3 cm³/mol. The van der Waals surface area contributed by atoms with Gasteiger partial charge in [0, 0.05) is 31.6 Å². The van der Waals surface area contributed by atoms with Crippen molar-refractivity contribution in [1.29, 1.82) is 0 Å². The van der Waals surface area contributed by atoms with E-state index >= 15 is 0 Å². The highest BCUT2D eigenvalue weighted by molar-refractivity contribution is 5.10. The minimum Gasteiger partial charge on any atom is -0.370 e. The minimum absolute atomic E-state index is 0.172. The van der Waals surface area contributed by atoms with Crippen molar-refractivity contribution in [3.05, 3.63) is 17.7 Å². The summed E-state index contributed by atoms with van der Waals surface area (Å²) in [7, 11) is 1.81. The van der Waals surface area contributed by atoms with Gasteiger partial charge < -0.3 is 15.0 Å². The van der Waals surface area contributed by atoms with Gasteiger partial charge in [-0.2, -0.15) is 0 Å². The summed E-state index contributed by atoms with van der Waals surface area (Å²) in [6.45, 7) is 5.13. The molecule has 0 aromatic carbocycles. The number of aromatic amines is 1. The second-order valence-electron chi connectivity index (χ2n) is 5.55. The molecule has 2 N–H and O–H groups in total. The fourth-order valence-corrected chi connectivity index (χ4v) is 2.66. The Balaban J connectivity index is 2.07. The average Bonchev–Trinajstić information content (AvgIpc) is 2.86. The topological polar surface area (TPSA) is 49.9 Å². The van der Waals surface area contributed by atoms with Gasteiger partial charge in [-0.1, -0.05) is 33.1 Å². The maximum atomic E-state index is 5.79. The minimum atomic E-state index is -0.172. The van der Waals surface area contributed by atoms with Crippen molar-refractivity contribution in [2.75, 3.05) is 7.11 Å². The van der Waals surface area contributed by atoms with Crippen LogP contribution in [-0.4, -0.2) is 23.1 Å². The highest BCUT2D eigenvalue weighted by atomic mass is 16.5. The monoisotopic (exact) mass is 251 g/mol. The largest absolute Gasteiger partial charge is 0.370 e. The Morgan fingerprint density at radius 2 is 2.11 bits per heavy atom. The first kappa shape index (κ1) is 13.6. The standard InChI is InChI=1S/C14H25N3O/c1-11(2)15-9-12-10-16-13(17-12)14(18-3)7-5-4-6-8-14/h10-11,15H,4-9H2,1-3H3,(H,16,17). The Bertz CT molecular complexity index is 367. The zero-order chi connectivity index (χ0) is 13.0. The molecule has 1 aromatic rings. The first-order valence-electron chi connectivity index (χ1n) is 6.99. The molecular formula is C14H25N3O. The van der Waals surface area contributed by atoms with Crippen molar-refractivity contribution in [3.63, 3.8) is 0 Å². The number of hydrogen-bond donors (Lipinski definition) is 2. The number of methoxy groups -OCH3 is 1. The first-order chi connectivity index (χ1) is 8.66. The highest BCUT2D eigenvalue weighted by Gasteiger charge is 2.36. The van der Waals surface area contributed by atoms with Gasteiger partial charge in [0.25, 0.3) is 0 Å². The summed E-state index contributed by atoms with van der Waals surface area (Å²) >= 11 is 0. The third-order valence-corrected chi connectivity index (χ3v) is 3.81. The molecule has 2 rings (SSSR count). The van der Waals surface area contributed by atoms with Crippen molar-refractivity contribution in [2.24, 2.45) is 0 Å². The fraction of sp³-hybridized carbons (Fsp3) is 0.786. The molecule has 0 unspecified atom stereocenters. The summed E-state index contributed by atoms with van der Waals surface area (Å²) < 4.78 is 5.79. The summed E-state index contributed by atoms with van der Waals surface area (Å²) in [5.41, 5.74) is 0.967. The summed E-state index contributed by atoms with van der Waals surface area (Å²) in [6.07, 6.45) is 7.86. The zero-order valence-corrected chi connectivity index (χ0v) is 11.8. The van der Waals surface area contributed by atoms with Crippen LogP contribution in [0.1, 0.15) is 57.5 Å². The second kappa shape index (κ2) is 5.85. The number of ether oxygens (including phenoxy) is 1. The highest BCUT2D eigenvalue weighted by Crippen LogP contribution is 2.38. The van der Waals surface area contributed by atoms with Gasteiger partial charge in [-0.25, -0.2) is 4.98 Å². The Kier molecular flexibility index (Phi) is 4.40. The third kappa shape index (κ3) is 2.93. The van der Waals surface area contributed by atoms with Gasteiger partial charge in [-0.15, -0.1) is 0 Å². The van der Waals surface area contributed by atoms with Crippen LogP contribution in [0, 0.1) is 0 Å². The first-order valence-corrected chi connectivity index (χ1v) is 6.99. The quantitative estimate of drug-likeness (QED) is 0.846. The van der Waals surface area contributed by atoms with E-state index in [1.807, 2.05) is 6.20 Å². The van der Waals surface area contributed by atoms with Crippen LogP contribution < -0.4 is 5.32 Å². The van der Waals surface area contributed by atoms with Crippen molar-refractivity contribution in [1.82, 2.24) is 15.3 Å². The van der Waals surface area contributed by atoms with Crippen LogP contribution in [0.4, 0.5) is 0 Å². The molecule has 4 nitrogen and oxygen atoms in total. The van der Waals surface area contributed by atoms with Crippen molar-refractivity contribution in [3.8, 4) is 0 Å². The van der Waals surface area contributed by atoms with E-state index in [9.17, 15) is 0 Å². The van der Waals surface area contributed by atoms with Gasteiger partial charge in [0.15, 0.2) is 0 Å². The van der Waals surface area contributed by atoms with E-state index in [1.165, 1.54) is 19.3 Å². The maximum absolute atomic E-state index is 5.79. The molecule has 0 saturated heterocycles. The third-order valence-electron chi connectivity index (χ3n) is 3.81. The van der Waals surface area contributed by atoms with Crippen molar-refractivity contribution < 1.29 is 4.74 Å². The molecule has 1 aliphatic carbocycles. The average molecular weight is 251 g/mol. The molecule has 0 radical (unpaired) electrons. The number of aromatic nitrogens is 2. The Hall–Kier alpha value is -0.870. The Morgan fingerprint density at radius 1 is 1.39 bits per heavy atom. The van der Waals surface area contributed by atoms with E-state index < -0.39 is 0 Å². The molecule has 0 bridgehead atoms. The number of H-pyrrole nitrogens is 1. The smallest absolute Gasteiger partial charge is 0.138 e. The van der Waals surface area contributed by atoms with E-state index in [4.69, 9.17) is 4.74 Å². The van der Waals surface area contributed by atoms with Gasteiger partial charge >= 0.3 is 0 Å². The summed E-state index contributed by atoms with van der Waals surface area (Å²) in [4.78, 5) is 7.97. The number of hydrogen-bond acceptors (Lipinski definition) is 3. The summed E-state index contributed by atoms with van der Waals surface area (Å²) in [5, 5.41) is 3.40. The van der Waals surface area contributed by atoms with E-state index in [-0.39, 0.29) is 5.60 Å². The molecular weight excluding hydrogens is 226 g/mol. The number of nitrogens with one attached hydrogen (secondary N) is 2. The Labute approximate surface area is 110 Å². The van der Waals surface area contributed by atoms with Crippen LogP contribution in [0.5, 0.6) is 0 Å². The lowest BCUT2D eigenvalue weighted by molar-refractivity contribution is -0.0509. The second-order valence-corrected chi connectivity index (χ2v) is 5.55. The normalized spacial score (nSPS) is 19.3. The molecule has 0 amide bonds. The van der Waals surface area contributed by atoms with Crippen LogP contribution in [0.25, 0.3) is 0 Å². The van der Waals surface area contributed by atoms with Crippen LogP contribution >= 0.6 is 0 Å². The van der Waals surface area contributed by atoms with E-state index in [1.54, 1.807) is 7.11 Å². The Morgan fingerprint density at radius 3 is 2.72 bits per heavy atom. The van der Waals surface area contributed by atoms with Gasteiger partial charge in [0.1, 0.15) is 11.4 Å². The molecule has 1 saturated carbocycles. The molecule has 4 heteroatoms. The van der Waals surface area contributed by atoms with Gasteiger partial charge in [-0.05, 0) is 12.8 Å². The zero-order valence-electron chi connectivity index (χ0n) is 11.8. The molecule has 0 atom stereocenters. The molecule has 1 aliphatic rings. The van der Waals surface area contributed by atoms with Crippen molar-refractivity contribution >= 4 is 0 Å². The van der Waals surface area contributed by atoms with Crippen molar-refractivity contribution in [2.45, 2.75) is 64.1 Å². The fourth-order valence-electron chi connectivity index (χ4n) is 2.66.